The average Bonchev–Trinajstić information content (AvgIpc) is 2.59. The largest absolute Gasteiger partial charge is 0.363 e. The highest BCUT2D eigenvalue weighted by molar-refractivity contribution is 7.54. The molecule has 0 N–H and O–H groups in total. The smallest absolute Gasteiger partial charge is 0.331 e. The molecule has 0 saturated carbocycles. The third-order valence-corrected chi connectivity index (χ3v) is 7.27. The number of hydrogen-bond donors (Lipinski definition) is 0. The van der Waals surface area contributed by atoms with Crippen molar-refractivity contribution in [2.75, 3.05) is 60.5 Å². The Morgan fingerprint density at radius 2 is 1.22 bits per heavy atom. The summed E-state index contributed by atoms with van der Waals surface area (Å²) >= 11 is 0. The topological polar surface area (TPSA) is 83.5 Å². The number of rotatable bonds is 14. The van der Waals surface area contributed by atoms with Gasteiger partial charge in [-0.3, -0.25) is 14.0 Å². The second-order valence-corrected chi connectivity index (χ2v) is 9.55. The number of hydrogen-bond acceptors (Lipinski definition) is 8. The second kappa shape index (κ2) is 11.7. The Hall–Kier alpha value is 0.220. The van der Waals surface area contributed by atoms with E-state index >= 15 is 0 Å². The minimum Gasteiger partial charge on any atom is -0.363 e. The van der Waals surface area contributed by atoms with Crippen LogP contribution in [0.2, 0.25) is 0 Å². The van der Waals surface area contributed by atoms with Gasteiger partial charge in [-0.2, -0.15) is 0 Å². The van der Waals surface area contributed by atoms with Gasteiger partial charge in [-0.15, -0.1) is 0 Å². The summed E-state index contributed by atoms with van der Waals surface area (Å²) in [6.45, 7) is 5.29. The molecule has 0 aliphatic heterocycles. The zero-order valence-corrected chi connectivity index (χ0v) is 16.8. The Labute approximate surface area is 139 Å². The van der Waals surface area contributed by atoms with Gasteiger partial charge in [0.2, 0.25) is 0 Å². The van der Waals surface area contributed by atoms with Gasteiger partial charge in [-0.1, -0.05) is 6.92 Å². The van der Waals surface area contributed by atoms with E-state index in [1.807, 2.05) is 18.7 Å². The summed E-state index contributed by atoms with van der Waals surface area (Å²) in [5.41, 5.74) is 0. The van der Waals surface area contributed by atoms with Crippen LogP contribution in [0.15, 0.2) is 0 Å². The molecule has 0 aliphatic carbocycles. The molecule has 1 unspecified atom stereocenters. The number of nitrogens with zero attached hydrogens (tertiary/aromatic N) is 1. The van der Waals surface area contributed by atoms with Crippen LogP contribution in [-0.2, 0) is 32.0 Å². The molecule has 0 aliphatic rings. The first-order chi connectivity index (χ1) is 10.8. The first-order valence-corrected chi connectivity index (χ1v) is 11.1. The lowest BCUT2D eigenvalue weighted by Crippen LogP contribution is -2.41. The Balaban J connectivity index is 4.94. The molecule has 140 valence electrons. The molecule has 8 nitrogen and oxygen atoms in total. The highest BCUT2D eigenvalue weighted by atomic mass is 31.2. The van der Waals surface area contributed by atoms with Gasteiger partial charge in [-0.05, 0) is 13.3 Å². The summed E-state index contributed by atoms with van der Waals surface area (Å²) in [5.74, 6) is 0. The van der Waals surface area contributed by atoms with Gasteiger partial charge in [0.1, 0.15) is 6.23 Å². The SMILES string of the molecule is CCOC(CC)N(CCP(=O)(OC)OC)CCP(=O)(OC)OC. The maximum absolute atomic E-state index is 12.2. The molecule has 0 aromatic rings. The fourth-order valence-electron chi connectivity index (χ4n) is 2.09. The van der Waals surface area contributed by atoms with E-state index in [1.165, 1.54) is 28.4 Å². The van der Waals surface area contributed by atoms with Crippen molar-refractivity contribution < 1.29 is 32.0 Å². The normalized spacial score (nSPS) is 14.4. The van der Waals surface area contributed by atoms with E-state index in [9.17, 15) is 9.13 Å². The molecule has 0 aromatic carbocycles. The summed E-state index contributed by atoms with van der Waals surface area (Å²) in [6, 6.07) is 0. The van der Waals surface area contributed by atoms with Crippen LogP contribution in [0, 0.1) is 0 Å². The van der Waals surface area contributed by atoms with Crippen molar-refractivity contribution in [3.05, 3.63) is 0 Å². The lowest BCUT2D eigenvalue weighted by atomic mass is 10.3. The molecule has 0 amide bonds. The molecule has 0 saturated heterocycles. The van der Waals surface area contributed by atoms with E-state index in [2.05, 4.69) is 0 Å². The molecule has 23 heavy (non-hydrogen) atoms. The van der Waals surface area contributed by atoms with Crippen molar-refractivity contribution in [3.63, 3.8) is 0 Å². The van der Waals surface area contributed by atoms with Crippen LogP contribution >= 0.6 is 15.2 Å². The average molecular weight is 375 g/mol. The fourth-order valence-corrected chi connectivity index (χ4v) is 4.12. The molecule has 10 heteroatoms. The van der Waals surface area contributed by atoms with Gasteiger partial charge in [-0.25, -0.2) is 0 Å². The Morgan fingerprint density at radius 1 is 0.826 bits per heavy atom. The molecule has 0 heterocycles. The standard InChI is InChI=1S/C13H31NO7P2/c1-7-13(21-8-2)14(9-11-22(15,17-3)18-4)10-12-23(16,19-5)20-6/h13H,7-12H2,1-6H3. The van der Waals surface area contributed by atoms with E-state index < -0.39 is 15.2 Å². The summed E-state index contributed by atoms with van der Waals surface area (Å²) in [6.07, 6.45) is 0.994. The molecule has 0 bridgehead atoms. The highest BCUT2D eigenvalue weighted by Gasteiger charge is 2.28. The van der Waals surface area contributed by atoms with Crippen LogP contribution in [0.5, 0.6) is 0 Å². The first-order valence-electron chi connectivity index (χ1n) is 7.60. The quantitative estimate of drug-likeness (QED) is 0.338. The van der Waals surface area contributed by atoms with Crippen LogP contribution in [0.4, 0.5) is 0 Å². The predicted octanol–water partition coefficient (Wildman–Crippen LogP) is 3.03. The van der Waals surface area contributed by atoms with E-state index in [0.29, 0.717) is 19.7 Å². The summed E-state index contributed by atoms with van der Waals surface area (Å²) in [7, 11) is -0.784. The van der Waals surface area contributed by atoms with E-state index in [0.717, 1.165) is 6.42 Å². The van der Waals surface area contributed by atoms with Crippen LogP contribution in [-0.4, -0.2) is 71.6 Å². The zero-order chi connectivity index (χ0) is 17.9. The molecule has 0 radical (unpaired) electrons. The van der Waals surface area contributed by atoms with Crippen LogP contribution in [0.3, 0.4) is 0 Å². The molecule has 0 fully saturated rings. The molecule has 0 rings (SSSR count). The van der Waals surface area contributed by atoms with Crippen molar-refractivity contribution in [3.8, 4) is 0 Å². The van der Waals surface area contributed by atoms with Crippen molar-refractivity contribution in [2.45, 2.75) is 26.5 Å². The number of ether oxygens (including phenoxy) is 1. The van der Waals surface area contributed by atoms with E-state index in [4.69, 9.17) is 22.8 Å². The maximum atomic E-state index is 12.2. The fraction of sp³-hybridized carbons (Fsp3) is 1.00. The van der Waals surface area contributed by atoms with Crippen molar-refractivity contribution in [2.24, 2.45) is 0 Å². The third-order valence-electron chi connectivity index (χ3n) is 3.55. The summed E-state index contributed by atoms with van der Waals surface area (Å²) in [5, 5.41) is 0. The van der Waals surface area contributed by atoms with Gasteiger partial charge < -0.3 is 22.8 Å². The summed E-state index contributed by atoms with van der Waals surface area (Å²) < 4.78 is 50.0. The van der Waals surface area contributed by atoms with E-state index in [1.54, 1.807) is 0 Å². The van der Waals surface area contributed by atoms with Crippen LogP contribution in [0.1, 0.15) is 20.3 Å². The summed E-state index contributed by atoms with van der Waals surface area (Å²) in [4.78, 5) is 1.96. The third kappa shape index (κ3) is 8.23. The Morgan fingerprint density at radius 3 is 1.48 bits per heavy atom. The molecule has 1 atom stereocenters. The monoisotopic (exact) mass is 375 g/mol. The minimum absolute atomic E-state index is 0.177. The molecule has 0 spiro atoms. The van der Waals surface area contributed by atoms with Crippen molar-refractivity contribution in [1.29, 1.82) is 0 Å². The molecular formula is C13H31NO7P2. The van der Waals surface area contributed by atoms with Crippen LogP contribution < -0.4 is 0 Å². The maximum Gasteiger partial charge on any atom is 0.331 e. The molecular weight excluding hydrogens is 344 g/mol. The van der Waals surface area contributed by atoms with Gasteiger partial charge in [0.25, 0.3) is 0 Å². The molecule has 0 aromatic heterocycles. The lowest BCUT2D eigenvalue weighted by Gasteiger charge is -2.32. The second-order valence-electron chi connectivity index (χ2n) is 4.75. The predicted molar refractivity (Wildman–Crippen MR) is 90.3 cm³/mol. The Kier molecular flexibility index (Phi) is 11.8. The minimum atomic E-state index is -3.11. The van der Waals surface area contributed by atoms with E-state index in [-0.39, 0.29) is 18.6 Å². The van der Waals surface area contributed by atoms with Crippen LogP contribution in [0.25, 0.3) is 0 Å². The van der Waals surface area contributed by atoms with Crippen molar-refractivity contribution >= 4 is 15.2 Å². The van der Waals surface area contributed by atoms with Gasteiger partial charge >= 0.3 is 15.2 Å². The zero-order valence-electron chi connectivity index (χ0n) is 15.0. The highest BCUT2D eigenvalue weighted by Crippen LogP contribution is 2.47. The van der Waals surface area contributed by atoms with Gasteiger partial charge in [0.15, 0.2) is 0 Å². The van der Waals surface area contributed by atoms with Gasteiger partial charge in [0.05, 0.1) is 12.3 Å². The van der Waals surface area contributed by atoms with Gasteiger partial charge in [0, 0.05) is 48.1 Å². The lowest BCUT2D eigenvalue weighted by molar-refractivity contribution is -0.0519. The first kappa shape index (κ1) is 23.2. The van der Waals surface area contributed by atoms with Crippen molar-refractivity contribution in [1.82, 2.24) is 4.90 Å². The Bertz CT molecular complexity index is 362.